The maximum absolute atomic E-state index is 12.6. The molecule has 1 aromatic carbocycles. The largest absolute Gasteiger partial charge is 0.295 e. The molecule has 1 aromatic heterocycles. The summed E-state index contributed by atoms with van der Waals surface area (Å²) in [5.41, 5.74) is 2.23. The second kappa shape index (κ2) is 5.05. The first-order valence-corrected chi connectivity index (χ1v) is 7.96. The van der Waals surface area contributed by atoms with Crippen LogP contribution in [-0.4, -0.2) is 23.5 Å². The van der Waals surface area contributed by atoms with E-state index in [1.807, 2.05) is 6.07 Å². The average molecular weight is 302 g/mol. The van der Waals surface area contributed by atoms with E-state index in [2.05, 4.69) is 4.98 Å². The minimum atomic E-state index is -3.57. The van der Waals surface area contributed by atoms with Crippen LogP contribution in [0.25, 0.3) is 0 Å². The maximum atomic E-state index is 12.6. The van der Waals surface area contributed by atoms with Gasteiger partial charge < -0.3 is 0 Å². The zero-order chi connectivity index (χ0) is 15.0. The van der Waals surface area contributed by atoms with Crippen LogP contribution in [0.2, 0.25) is 0 Å². The molecule has 0 radical (unpaired) electrons. The van der Waals surface area contributed by atoms with Crippen LogP contribution in [0.15, 0.2) is 47.5 Å². The number of carbonyl (C=O) groups excluding carboxylic acids is 1. The van der Waals surface area contributed by atoms with Gasteiger partial charge in [-0.2, -0.15) is 4.31 Å². The van der Waals surface area contributed by atoms with Crippen LogP contribution in [0.1, 0.15) is 28.5 Å². The number of fused-ring (bicyclic) bond motifs is 1. The van der Waals surface area contributed by atoms with Crippen molar-refractivity contribution >= 4 is 15.8 Å². The number of carbonyl (C=O) groups is 1. The third kappa shape index (κ3) is 2.48. The Bertz CT molecular complexity index is 773. The van der Waals surface area contributed by atoms with Crippen molar-refractivity contribution in [2.75, 3.05) is 0 Å². The van der Waals surface area contributed by atoms with Crippen molar-refractivity contribution in [3.05, 3.63) is 59.4 Å². The van der Waals surface area contributed by atoms with Crippen molar-refractivity contribution in [1.29, 1.82) is 0 Å². The predicted octanol–water partition coefficient (Wildman–Crippen LogP) is 1.99. The van der Waals surface area contributed by atoms with E-state index in [0.717, 1.165) is 11.3 Å². The molecule has 21 heavy (non-hydrogen) atoms. The van der Waals surface area contributed by atoms with Crippen molar-refractivity contribution in [2.24, 2.45) is 0 Å². The molecule has 0 amide bonds. The molecule has 0 bridgehead atoms. The van der Waals surface area contributed by atoms with Gasteiger partial charge in [-0.1, -0.05) is 18.2 Å². The van der Waals surface area contributed by atoms with Gasteiger partial charge in [0.2, 0.25) is 10.0 Å². The normalized spacial score (nSPS) is 14.9. The molecule has 0 aliphatic carbocycles. The van der Waals surface area contributed by atoms with E-state index in [1.165, 1.54) is 35.5 Å². The molecule has 0 saturated heterocycles. The highest BCUT2D eigenvalue weighted by Gasteiger charge is 2.31. The lowest BCUT2D eigenvalue weighted by Crippen LogP contribution is -2.25. The van der Waals surface area contributed by atoms with Gasteiger partial charge in [0.25, 0.3) is 0 Å². The van der Waals surface area contributed by atoms with Crippen molar-refractivity contribution < 1.29 is 13.2 Å². The van der Waals surface area contributed by atoms with Crippen molar-refractivity contribution in [3.63, 3.8) is 0 Å². The molecule has 1 aliphatic heterocycles. The zero-order valence-corrected chi connectivity index (χ0v) is 12.3. The van der Waals surface area contributed by atoms with Gasteiger partial charge in [-0.25, -0.2) is 8.42 Å². The van der Waals surface area contributed by atoms with Crippen LogP contribution in [-0.2, 0) is 23.1 Å². The third-order valence-electron chi connectivity index (χ3n) is 3.56. The summed E-state index contributed by atoms with van der Waals surface area (Å²) >= 11 is 0. The molecule has 0 spiro atoms. The second-order valence-electron chi connectivity index (χ2n) is 4.96. The summed E-state index contributed by atoms with van der Waals surface area (Å²) in [7, 11) is -3.57. The monoisotopic (exact) mass is 302 g/mol. The average Bonchev–Trinajstić information content (AvgIpc) is 2.92. The van der Waals surface area contributed by atoms with Crippen LogP contribution in [0.3, 0.4) is 0 Å². The lowest BCUT2D eigenvalue weighted by Gasteiger charge is -2.15. The Balaban J connectivity index is 1.90. The summed E-state index contributed by atoms with van der Waals surface area (Å²) in [6.07, 6.45) is 1.66. The molecule has 2 heterocycles. The van der Waals surface area contributed by atoms with Crippen LogP contribution >= 0.6 is 0 Å². The summed E-state index contributed by atoms with van der Waals surface area (Å²) in [6, 6.07) is 9.71. The molecule has 5 nitrogen and oxygen atoms in total. The lowest BCUT2D eigenvalue weighted by molar-refractivity contribution is 0.101. The first-order valence-electron chi connectivity index (χ1n) is 6.52. The van der Waals surface area contributed by atoms with E-state index >= 15 is 0 Å². The molecule has 0 unspecified atom stereocenters. The highest BCUT2D eigenvalue weighted by atomic mass is 32.2. The van der Waals surface area contributed by atoms with E-state index in [1.54, 1.807) is 12.3 Å². The fourth-order valence-electron chi connectivity index (χ4n) is 2.35. The van der Waals surface area contributed by atoms with Gasteiger partial charge in [0.15, 0.2) is 5.78 Å². The smallest absolute Gasteiger partial charge is 0.243 e. The maximum Gasteiger partial charge on any atom is 0.243 e. The molecule has 0 N–H and O–H groups in total. The van der Waals surface area contributed by atoms with E-state index in [-0.39, 0.29) is 17.2 Å². The topological polar surface area (TPSA) is 67.3 Å². The first kappa shape index (κ1) is 13.9. The number of pyridine rings is 1. The highest BCUT2D eigenvalue weighted by molar-refractivity contribution is 7.89. The number of hydrogen-bond acceptors (Lipinski definition) is 4. The van der Waals surface area contributed by atoms with Gasteiger partial charge in [0, 0.05) is 18.3 Å². The van der Waals surface area contributed by atoms with Gasteiger partial charge >= 0.3 is 0 Å². The summed E-state index contributed by atoms with van der Waals surface area (Å²) in [6.45, 7) is 2.07. The SMILES string of the molecule is CC(=O)c1ccc(S(=O)(=O)N2Cc3cccnc3C2)cc1. The molecular weight excluding hydrogens is 288 g/mol. The van der Waals surface area contributed by atoms with Crippen LogP contribution in [0, 0.1) is 0 Å². The standard InChI is InChI=1S/C15H14N2O3S/c1-11(18)12-4-6-14(7-5-12)21(19,20)17-9-13-3-2-8-16-15(13)10-17/h2-8H,9-10H2,1H3. The summed E-state index contributed by atoms with van der Waals surface area (Å²) in [5.74, 6) is -0.0864. The van der Waals surface area contributed by atoms with Gasteiger partial charge in [0.1, 0.15) is 0 Å². The number of benzene rings is 1. The Hall–Kier alpha value is -2.05. The Labute approximate surface area is 123 Å². The number of rotatable bonds is 3. The second-order valence-corrected chi connectivity index (χ2v) is 6.90. The molecule has 0 fully saturated rings. The molecule has 6 heteroatoms. The molecule has 2 aromatic rings. The third-order valence-corrected chi connectivity index (χ3v) is 5.36. The minimum absolute atomic E-state index is 0.0864. The van der Waals surface area contributed by atoms with Crippen molar-refractivity contribution in [1.82, 2.24) is 9.29 Å². The number of hydrogen-bond donors (Lipinski definition) is 0. The summed E-state index contributed by atoms with van der Waals surface area (Å²) in [5, 5.41) is 0. The zero-order valence-electron chi connectivity index (χ0n) is 11.5. The molecule has 0 atom stereocenters. The van der Waals surface area contributed by atoms with E-state index in [0.29, 0.717) is 12.1 Å². The molecule has 3 rings (SSSR count). The number of aromatic nitrogens is 1. The van der Waals surface area contributed by atoms with Gasteiger partial charge in [-0.3, -0.25) is 9.78 Å². The molecule has 1 aliphatic rings. The minimum Gasteiger partial charge on any atom is -0.295 e. The van der Waals surface area contributed by atoms with Gasteiger partial charge in [-0.05, 0) is 30.7 Å². The van der Waals surface area contributed by atoms with Crippen molar-refractivity contribution in [2.45, 2.75) is 24.9 Å². The van der Waals surface area contributed by atoms with Gasteiger partial charge in [0.05, 0.1) is 17.1 Å². The number of sulfonamides is 1. The van der Waals surface area contributed by atoms with Crippen LogP contribution < -0.4 is 0 Å². The molecule has 108 valence electrons. The fraction of sp³-hybridized carbons (Fsp3) is 0.200. The Morgan fingerprint density at radius 1 is 1.14 bits per heavy atom. The first-order chi connectivity index (χ1) is 9.98. The Morgan fingerprint density at radius 2 is 1.86 bits per heavy atom. The summed E-state index contributed by atoms with van der Waals surface area (Å²) < 4.78 is 26.6. The predicted molar refractivity (Wildman–Crippen MR) is 77.1 cm³/mol. The molecule has 0 saturated carbocycles. The summed E-state index contributed by atoms with van der Waals surface area (Å²) in [4.78, 5) is 15.6. The lowest BCUT2D eigenvalue weighted by atomic mass is 10.2. The fourth-order valence-corrected chi connectivity index (χ4v) is 3.73. The van der Waals surface area contributed by atoms with Gasteiger partial charge in [-0.15, -0.1) is 0 Å². The Morgan fingerprint density at radius 3 is 2.48 bits per heavy atom. The number of Topliss-reactive ketones (excluding diaryl/α,β-unsaturated/α-hetero) is 1. The van der Waals surface area contributed by atoms with E-state index < -0.39 is 10.0 Å². The van der Waals surface area contributed by atoms with Crippen LogP contribution in [0.4, 0.5) is 0 Å². The van der Waals surface area contributed by atoms with E-state index in [4.69, 9.17) is 0 Å². The van der Waals surface area contributed by atoms with Crippen molar-refractivity contribution in [3.8, 4) is 0 Å². The number of ketones is 1. The highest BCUT2D eigenvalue weighted by Crippen LogP contribution is 2.27. The number of nitrogens with zero attached hydrogens (tertiary/aromatic N) is 2. The quantitative estimate of drug-likeness (QED) is 0.813. The van der Waals surface area contributed by atoms with E-state index in [9.17, 15) is 13.2 Å². The molecular formula is C15H14N2O3S. The van der Waals surface area contributed by atoms with Crippen LogP contribution in [0.5, 0.6) is 0 Å². The Kier molecular flexibility index (Phi) is 3.35.